The predicted octanol–water partition coefficient (Wildman–Crippen LogP) is 2.34. The minimum absolute atomic E-state index is 0.0116. The summed E-state index contributed by atoms with van der Waals surface area (Å²) >= 11 is 0. The average Bonchev–Trinajstić information content (AvgIpc) is 2.66. The highest BCUT2D eigenvalue weighted by atomic mass is 16.6. The van der Waals surface area contributed by atoms with E-state index in [2.05, 4.69) is 4.99 Å². The van der Waals surface area contributed by atoms with Gasteiger partial charge in [0.15, 0.2) is 12.0 Å². The third kappa shape index (κ3) is 2.72. The van der Waals surface area contributed by atoms with Crippen LogP contribution in [0.2, 0.25) is 0 Å². The molecule has 2 rings (SSSR count). The number of rotatable bonds is 3. The molecule has 1 fully saturated rings. The summed E-state index contributed by atoms with van der Waals surface area (Å²) in [6.07, 6.45) is -0.537. The third-order valence-electron chi connectivity index (χ3n) is 2.95. The van der Waals surface area contributed by atoms with Gasteiger partial charge < -0.3 is 4.74 Å². The summed E-state index contributed by atoms with van der Waals surface area (Å²) < 4.78 is 5.34. The van der Waals surface area contributed by atoms with Gasteiger partial charge in [-0.15, -0.1) is 0 Å². The minimum Gasteiger partial charge on any atom is -0.450 e. The first-order valence-corrected chi connectivity index (χ1v) is 6.34. The fourth-order valence-corrected chi connectivity index (χ4v) is 2.20. The Balaban J connectivity index is 2.44. The van der Waals surface area contributed by atoms with Gasteiger partial charge in [-0.25, -0.2) is 0 Å². The lowest BCUT2D eigenvalue weighted by Crippen LogP contribution is -2.25. The molecule has 0 spiro atoms. The van der Waals surface area contributed by atoms with Crippen LogP contribution in [0.1, 0.15) is 32.4 Å². The monoisotopic (exact) mass is 259 g/mol. The molecule has 0 amide bonds. The second kappa shape index (κ2) is 5.34. The molecule has 0 aliphatic carbocycles. The van der Waals surface area contributed by atoms with E-state index < -0.39 is 18.0 Å². The van der Waals surface area contributed by atoms with E-state index in [1.54, 1.807) is 0 Å². The van der Waals surface area contributed by atoms with E-state index in [0.717, 1.165) is 5.56 Å². The van der Waals surface area contributed by atoms with Crippen molar-refractivity contribution >= 4 is 17.5 Å². The highest BCUT2D eigenvalue weighted by Crippen LogP contribution is 2.32. The van der Waals surface area contributed by atoms with Crippen LogP contribution in [0.5, 0.6) is 0 Å². The van der Waals surface area contributed by atoms with Gasteiger partial charge >= 0.3 is 5.97 Å². The number of aliphatic imine (C=N–C) groups is 1. The Labute approximate surface area is 112 Å². The maximum absolute atomic E-state index is 11.9. The molecule has 1 heterocycles. The van der Waals surface area contributed by atoms with Gasteiger partial charge in [-0.1, -0.05) is 30.3 Å². The molecule has 100 valence electrons. The molecule has 0 radical (unpaired) electrons. The van der Waals surface area contributed by atoms with Crippen molar-refractivity contribution in [2.75, 3.05) is 0 Å². The van der Waals surface area contributed by atoms with Gasteiger partial charge in [0.25, 0.3) is 0 Å². The van der Waals surface area contributed by atoms with Crippen molar-refractivity contribution < 1.29 is 14.3 Å². The molecule has 2 atom stereocenters. The van der Waals surface area contributed by atoms with Crippen LogP contribution in [0.3, 0.4) is 0 Å². The van der Waals surface area contributed by atoms with Crippen molar-refractivity contribution in [3.8, 4) is 0 Å². The van der Waals surface area contributed by atoms with Gasteiger partial charge in [0.2, 0.25) is 0 Å². The molecule has 0 saturated carbocycles. The average molecular weight is 259 g/mol. The van der Waals surface area contributed by atoms with Crippen LogP contribution >= 0.6 is 0 Å². The Morgan fingerprint density at radius 3 is 2.42 bits per heavy atom. The van der Waals surface area contributed by atoms with Crippen molar-refractivity contribution in [3.05, 3.63) is 35.9 Å². The van der Waals surface area contributed by atoms with Crippen LogP contribution in [-0.2, 0) is 14.3 Å². The van der Waals surface area contributed by atoms with Crippen molar-refractivity contribution in [2.45, 2.75) is 32.9 Å². The van der Waals surface area contributed by atoms with E-state index in [0.29, 0.717) is 5.71 Å². The van der Waals surface area contributed by atoms with Crippen molar-refractivity contribution in [3.63, 3.8) is 0 Å². The van der Waals surface area contributed by atoms with Crippen LogP contribution in [0.4, 0.5) is 0 Å². The summed E-state index contributed by atoms with van der Waals surface area (Å²) in [6, 6.07) is 9.39. The maximum Gasteiger partial charge on any atom is 0.323 e. The number of carbonyl (C=O) groups excluding carboxylic acids is 2. The lowest BCUT2D eigenvalue weighted by Gasteiger charge is -2.12. The Morgan fingerprint density at radius 1 is 1.26 bits per heavy atom. The molecule has 1 saturated heterocycles. The quantitative estimate of drug-likeness (QED) is 0.618. The Kier molecular flexibility index (Phi) is 3.79. The zero-order valence-corrected chi connectivity index (χ0v) is 11.3. The number of benzene rings is 1. The van der Waals surface area contributed by atoms with Gasteiger partial charge in [0.1, 0.15) is 5.78 Å². The number of ketones is 1. The number of esters is 1. The fraction of sp³-hybridized carbons (Fsp3) is 0.400. The van der Waals surface area contributed by atoms with Gasteiger partial charge in [-0.05, 0) is 26.3 Å². The normalized spacial score (nSPS) is 24.8. The zero-order valence-electron chi connectivity index (χ0n) is 11.3. The summed E-state index contributed by atoms with van der Waals surface area (Å²) in [4.78, 5) is 27.9. The van der Waals surface area contributed by atoms with Crippen LogP contribution in [0, 0.1) is 5.92 Å². The molecule has 1 unspecified atom stereocenters. The Bertz CT molecular complexity index is 519. The van der Waals surface area contributed by atoms with Gasteiger partial charge in [-0.2, -0.15) is 0 Å². The molecular formula is C15H17NO3. The number of Topliss-reactive ketones (excluding diaryl/α,β-unsaturated/α-hetero) is 1. The largest absolute Gasteiger partial charge is 0.450 e. The topological polar surface area (TPSA) is 55.7 Å². The number of nitrogens with zero attached hydrogens (tertiary/aromatic N) is 1. The van der Waals surface area contributed by atoms with E-state index >= 15 is 0 Å². The number of carbonyl (C=O) groups is 2. The first-order chi connectivity index (χ1) is 9.00. The molecule has 1 aromatic carbocycles. The summed E-state index contributed by atoms with van der Waals surface area (Å²) in [5.74, 6) is -1.57. The van der Waals surface area contributed by atoms with E-state index in [1.165, 1.54) is 6.92 Å². The third-order valence-corrected chi connectivity index (χ3v) is 2.95. The van der Waals surface area contributed by atoms with E-state index in [-0.39, 0.29) is 11.8 Å². The van der Waals surface area contributed by atoms with Crippen LogP contribution in [0.25, 0.3) is 0 Å². The lowest BCUT2D eigenvalue weighted by molar-refractivity contribution is -0.146. The van der Waals surface area contributed by atoms with E-state index in [4.69, 9.17) is 4.74 Å². The highest BCUT2D eigenvalue weighted by molar-refractivity contribution is 6.23. The molecule has 0 N–H and O–H groups in total. The Hall–Kier alpha value is -1.97. The van der Waals surface area contributed by atoms with Crippen LogP contribution < -0.4 is 0 Å². The number of cyclic esters (lactones) is 1. The molecule has 1 aliphatic heterocycles. The summed E-state index contributed by atoms with van der Waals surface area (Å²) in [5.41, 5.74) is 1.37. The number of hydrogen-bond donors (Lipinski definition) is 0. The van der Waals surface area contributed by atoms with Crippen molar-refractivity contribution in [2.24, 2.45) is 10.9 Å². The highest BCUT2D eigenvalue weighted by Gasteiger charge is 2.44. The molecule has 1 aliphatic rings. The smallest absolute Gasteiger partial charge is 0.323 e. The van der Waals surface area contributed by atoms with E-state index in [1.807, 2.05) is 44.2 Å². The van der Waals surface area contributed by atoms with Gasteiger partial charge in [-0.3, -0.25) is 14.6 Å². The zero-order chi connectivity index (χ0) is 14.0. The number of hydrogen-bond acceptors (Lipinski definition) is 4. The first-order valence-electron chi connectivity index (χ1n) is 6.34. The maximum atomic E-state index is 11.9. The number of ether oxygens (including phenoxy) is 1. The van der Waals surface area contributed by atoms with Gasteiger partial charge in [0.05, 0.1) is 5.71 Å². The van der Waals surface area contributed by atoms with Crippen LogP contribution in [0.15, 0.2) is 35.3 Å². The summed E-state index contributed by atoms with van der Waals surface area (Å²) in [7, 11) is 0. The summed E-state index contributed by atoms with van der Waals surface area (Å²) in [6.45, 7) is 5.22. The second-order valence-electron chi connectivity index (χ2n) is 4.92. The molecule has 1 aromatic rings. The standard InChI is InChI=1S/C15H17NO3/c1-9(2)16-13-12(10(3)17)15(18)19-14(13)11-7-5-4-6-8-11/h4-9,12,14H,1-3H3/t12?,14-/m0/s1. The Morgan fingerprint density at radius 2 is 1.89 bits per heavy atom. The van der Waals surface area contributed by atoms with Crippen LogP contribution in [-0.4, -0.2) is 23.5 Å². The second-order valence-corrected chi connectivity index (χ2v) is 4.92. The molecular weight excluding hydrogens is 242 g/mol. The van der Waals surface area contributed by atoms with E-state index in [9.17, 15) is 9.59 Å². The fourth-order valence-electron chi connectivity index (χ4n) is 2.20. The van der Waals surface area contributed by atoms with Crippen molar-refractivity contribution in [1.29, 1.82) is 0 Å². The lowest BCUT2D eigenvalue weighted by atomic mass is 9.94. The molecule has 0 bridgehead atoms. The molecule has 19 heavy (non-hydrogen) atoms. The first kappa shape index (κ1) is 13.5. The molecule has 4 heteroatoms. The SMILES string of the molecule is CC(=O)C1C(=O)O[C@@H](c2ccccc2)C1=NC(C)C. The molecule has 0 aromatic heterocycles. The predicted molar refractivity (Wildman–Crippen MR) is 72.0 cm³/mol. The van der Waals surface area contributed by atoms with Crippen molar-refractivity contribution in [1.82, 2.24) is 0 Å². The minimum atomic E-state index is -0.854. The van der Waals surface area contributed by atoms with Gasteiger partial charge in [0, 0.05) is 6.04 Å². The summed E-state index contributed by atoms with van der Waals surface area (Å²) in [5, 5.41) is 0. The molecule has 4 nitrogen and oxygen atoms in total.